The summed E-state index contributed by atoms with van der Waals surface area (Å²) in [7, 11) is 0. The van der Waals surface area contributed by atoms with E-state index in [1.54, 1.807) is 0 Å². The van der Waals surface area contributed by atoms with Gasteiger partial charge in [0.1, 0.15) is 0 Å². The summed E-state index contributed by atoms with van der Waals surface area (Å²) in [6.45, 7) is 2.22. The van der Waals surface area contributed by atoms with Crippen LogP contribution in [0.25, 0.3) is 0 Å². The Balaban J connectivity index is 1.39. The van der Waals surface area contributed by atoms with Gasteiger partial charge in [-0.1, -0.05) is 6.92 Å². The second-order valence-corrected chi connectivity index (χ2v) is 8.48. The molecule has 3 heteroatoms. The van der Waals surface area contributed by atoms with Gasteiger partial charge in [0.25, 0.3) is 0 Å². The van der Waals surface area contributed by atoms with E-state index >= 15 is 0 Å². The van der Waals surface area contributed by atoms with Crippen molar-refractivity contribution < 1.29 is 0 Å². The fraction of sp³-hybridized carbons (Fsp3) is 0.571. The normalized spacial score (nSPS) is 38.5. The van der Waals surface area contributed by atoms with Gasteiger partial charge in [-0.2, -0.15) is 0 Å². The molecule has 0 saturated heterocycles. The number of allylic oxidation sites excluding steroid dienone is 2. The van der Waals surface area contributed by atoms with E-state index in [4.69, 9.17) is 4.99 Å². The van der Waals surface area contributed by atoms with Crippen LogP contribution in [0.1, 0.15) is 57.6 Å². The molecule has 0 amide bonds. The van der Waals surface area contributed by atoms with Crippen LogP contribution < -0.4 is 5.32 Å². The van der Waals surface area contributed by atoms with Crippen LogP contribution in [0.2, 0.25) is 0 Å². The van der Waals surface area contributed by atoms with Gasteiger partial charge in [-0.3, -0.25) is 0 Å². The fourth-order valence-corrected chi connectivity index (χ4v) is 6.02. The molecule has 0 atom stereocenters. The molecule has 2 heterocycles. The van der Waals surface area contributed by atoms with Gasteiger partial charge in [0, 0.05) is 17.9 Å². The van der Waals surface area contributed by atoms with Crippen molar-refractivity contribution in [1.29, 1.82) is 0 Å². The van der Waals surface area contributed by atoms with Crippen LogP contribution in [-0.2, 0) is 0 Å². The molecular weight excluding hydrogens is 294 g/mol. The molecule has 4 aliphatic carbocycles. The highest BCUT2D eigenvalue weighted by Gasteiger charge is 2.50. The zero-order valence-corrected chi connectivity index (χ0v) is 14.5. The van der Waals surface area contributed by atoms with Crippen LogP contribution in [-0.4, -0.2) is 16.2 Å². The Morgan fingerprint density at radius 1 is 1.21 bits per heavy atom. The standard InChI is InChI=1S/C21H27N3/c1-2-17-9-19(18-4-3-5-22-18)24-20(17)13-23-21-10-14-6-15(11-21)8-16(7-14)12-21/h3-5,9,13-16,22-23H,2,6-8,10-12H2,1H3/b20-13+. The summed E-state index contributed by atoms with van der Waals surface area (Å²) >= 11 is 0. The molecular formula is C21H27N3. The number of rotatable bonds is 4. The minimum atomic E-state index is 0.366. The third kappa shape index (κ3) is 2.37. The molecule has 2 N–H and O–H groups in total. The zero-order chi connectivity index (χ0) is 16.1. The lowest BCUT2D eigenvalue weighted by atomic mass is 9.53. The van der Waals surface area contributed by atoms with Gasteiger partial charge in [-0.05, 0) is 86.5 Å². The van der Waals surface area contributed by atoms with Crippen LogP contribution in [0.3, 0.4) is 0 Å². The van der Waals surface area contributed by atoms with Crippen molar-refractivity contribution in [1.82, 2.24) is 10.3 Å². The van der Waals surface area contributed by atoms with Crippen LogP contribution in [0.4, 0.5) is 0 Å². The highest BCUT2D eigenvalue weighted by Crippen LogP contribution is 2.55. The van der Waals surface area contributed by atoms with Crippen LogP contribution in [0, 0.1) is 17.8 Å². The molecule has 126 valence electrons. The molecule has 1 aromatic rings. The fourth-order valence-electron chi connectivity index (χ4n) is 6.02. The summed E-state index contributed by atoms with van der Waals surface area (Å²) in [5.74, 6) is 2.93. The maximum Gasteiger partial charge on any atom is 0.0875 e. The first-order valence-corrected chi connectivity index (χ1v) is 9.64. The minimum Gasteiger partial charge on any atom is -0.384 e. The zero-order valence-electron chi connectivity index (χ0n) is 14.5. The van der Waals surface area contributed by atoms with E-state index in [2.05, 4.69) is 35.6 Å². The first-order valence-electron chi connectivity index (χ1n) is 9.64. The van der Waals surface area contributed by atoms with Gasteiger partial charge in [0.2, 0.25) is 0 Å². The number of hydrogen-bond acceptors (Lipinski definition) is 2. The summed E-state index contributed by atoms with van der Waals surface area (Å²) in [5, 5.41) is 3.88. The van der Waals surface area contributed by atoms with E-state index < -0.39 is 0 Å². The molecule has 0 aromatic carbocycles. The quantitative estimate of drug-likeness (QED) is 0.839. The van der Waals surface area contributed by atoms with E-state index in [1.807, 2.05) is 12.3 Å². The Bertz CT molecular complexity index is 685. The molecule has 0 spiro atoms. The number of nitrogens with one attached hydrogen (secondary N) is 2. The van der Waals surface area contributed by atoms with E-state index in [-0.39, 0.29) is 0 Å². The predicted octanol–water partition coefficient (Wildman–Crippen LogP) is 4.55. The first kappa shape index (κ1) is 14.6. The molecule has 0 unspecified atom stereocenters. The third-order valence-corrected chi connectivity index (χ3v) is 6.69. The number of nitrogens with zero attached hydrogens (tertiary/aromatic N) is 1. The molecule has 24 heavy (non-hydrogen) atoms. The number of H-pyrrole nitrogens is 1. The Hall–Kier alpha value is -1.77. The molecule has 6 rings (SSSR count). The molecule has 3 nitrogen and oxygen atoms in total. The number of aromatic amines is 1. The second-order valence-electron chi connectivity index (χ2n) is 8.48. The van der Waals surface area contributed by atoms with E-state index in [9.17, 15) is 0 Å². The van der Waals surface area contributed by atoms with Crippen molar-refractivity contribution in [2.45, 2.75) is 57.4 Å². The summed E-state index contributed by atoms with van der Waals surface area (Å²) in [4.78, 5) is 8.16. The maximum absolute atomic E-state index is 4.89. The SMILES string of the molecule is CCC1=CC(c2ccc[nH]2)=N/C1=C/NC12CC3CC(CC(C3)C1)C2. The summed E-state index contributed by atoms with van der Waals surface area (Å²) in [5.41, 5.74) is 5.02. The Labute approximate surface area is 144 Å². The van der Waals surface area contributed by atoms with Crippen molar-refractivity contribution in [3.63, 3.8) is 0 Å². The van der Waals surface area contributed by atoms with Crippen LogP contribution in [0.15, 0.2) is 46.9 Å². The largest absolute Gasteiger partial charge is 0.384 e. The van der Waals surface area contributed by atoms with Gasteiger partial charge in [0.15, 0.2) is 0 Å². The van der Waals surface area contributed by atoms with Crippen molar-refractivity contribution in [2.24, 2.45) is 22.7 Å². The first-order chi connectivity index (χ1) is 11.7. The van der Waals surface area contributed by atoms with Gasteiger partial charge in [-0.25, -0.2) is 4.99 Å². The third-order valence-electron chi connectivity index (χ3n) is 6.69. The van der Waals surface area contributed by atoms with Crippen molar-refractivity contribution in [3.05, 3.63) is 47.6 Å². The highest BCUT2D eigenvalue weighted by atomic mass is 15.0. The predicted molar refractivity (Wildman–Crippen MR) is 97.8 cm³/mol. The second kappa shape index (κ2) is 5.37. The summed E-state index contributed by atoms with van der Waals surface area (Å²) in [6, 6.07) is 4.13. The van der Waals surface area contributed by atoms with E-state index in [0.717, 1.165) is 41.3 Å². The molecule has 1 aliphatic heterocycles. The molecule has 4 fully saturated rings. The van der Waals surface area contributed by atoms with Crippen molar-refractivity contribution in [3.8, 4) is 0 Å². The van der Waals surface area contributed by atoms with Gasteiger partial charge in [0.05, 0.1) is 17.1 Å². The molecule has 4 saturated carbocycles. The van der Waals surface area contributed by atoms with Gasteiger partial charge >= 0.3 is 0 Å². The van der Waals surface area contributed by atoms with Gasteiger partial charge < -0.3 is 10.3 Å². The van der Waals surface area contributed by atoms with Crippen molar-refractivity contribution in [2.75, 3.05) is 0 Å². The lowest BCUT2D eigenvalue weighted by Crippen LogP contribution is -2.57. The molecule has 4 bridgehead atoms. The molecule has 0 radical (unpaired) electrons. The topological polar surface area (TPSA) is 40.2 Å². The van der Waals surface area contributed by atoms with Crippen molar-refractivity contribution >= 4 is 5.71 Å². The summed E-state index contributed by atoms with van der Waals surface area (Å²) in [6.07, 6.45) is 16.1. The summed E-state index contributed by atoms with van der Waals surface area (Å²) < 4.78 is 0. The molecule has 1 aromatic heterocycles. The molecule has 5 aliphatic rings. The number of aliphatic imine (C=N–C) groups is 1. The maximum atomic E-state index is 4.89. The average Bonchev–Trinajstić information content (AvgIpc) is 3.21. The highest BCUT2D eigenvalue weighted by molar-refractivity contribution is 6.10. The Morgan fingerprint density at radius 3 is 2.50 bits per heavy atom. The Morgan fingerprint density at radius 2 is 1.92 bits per heavy atom. The van der Waals surface area contributed by atoms with Crippen LogP contribution in [0.5, 0.6) is 0 Å². The van der Waals surface area contributed by atoms with E-state index in [1.165, 1.54) is 44.1 Å². The monoisotopic (exact) mass is 321 g/mol. The lowest BCUT2D eigenvalue weighted by molar-refractivity contribution is -0.0130. The van der Waals surface area contributed by atoms with Crippen LogP contribution >= 0.6 is 0 Å². The van der Waals surface area contributed by atoms with Gasteiger partial charge in [-0.15, -0.1) is 0 Å². The number of aromatic nitrogens is 1. The average molecular weight is 321 g/mol. The smallest absolute Gasteiger partial charge is 0.0875 e. The van der Waals surface area contributed by atoms with E-state index in [0.29, 0.717) is 5.54 Å². The Kier molecular flexibility index (Phi) is 3.26. The number of hydrogen-bond donors (Lipinski definition) is 2. The lowest BCUT2D eigenvalue weighted by Gasteiger charge is -2.57. The minimum absolute atomic E-state index is 0.366.